The number of anilines is 2. The Balaban J connectivity index is 1.20. The molecule has 0 N–H and O–H groups in total. The maximum atomic E-state index is 14.1. The number of carbonyl (C=O) groups excluding carboxylic acids is 1. The van der Waals surface area contributed by atoms with Gasteiger partial charge in [-0.2, -0.15) is 5.10 Å². The molecule has 0 bridgehead atoms. The monoisotopic (exact) mass is 475 g/mol. The number of benzene rings is 2. The van der Waals surface area contributed by atoms with Crippen molar-refractivity contribution in [3.63, 3.8) is 0 Å². The second-order valence-corrected chi connectivity index (χ2v) is 9.24. The fraction of sp³-hybridized carbons (Fsp3) is 0.370. The highest BCUT2D eigenvalue weighted by Gasteiger charge is 2.31. The van der Waals surface area contributed by atoms with Crippen LogP contribution in [-0.4, -0.2) is 59.9 Å². The van der Waals surface area contributed by atoms with E-state index in [1.807, 2.05) is 46.2 Å². The molecule has 8 heteroatoms. The summed E-state index contributed by atoms with van der Waals surface area (Å²) < 4.78 is 15.6. The van der Waals surface area contributed by atoms with Crippen molar-refractivity contribution in [3.05, 3.63) is 88.6 Å². The molecule has 0 saturated carbocycles. The van der Waals surface area contributed by atoms with Gasteiger partial charge < -0.3 is 14.7 Å². The summed E-state index contributed by atoms with van der Waals surface area (Å²) in [5.41, 5.74) is 2.23. The maximum absolute atomic E-state index is 14.1. The molecule has 35 heavy (non-hydrogen) atoms. The number of hydrogen-bond acceptors (Lipinski definition) is 5. The number of hydrogen-bond donors (Lipinski definition) is 0. The second-order valence-electron chi connectivity index (χ2n) is 9.24. The standard InChI is InChI=1S/C27H30FN5O2/c28-24-10-4-5-11-25(24)30-13-15-31(16-14-30)27(35)22-9-6-12-32(20-22)23-17-26(34)33(29-18-23)19-21-7-2-1-3-8-21/h1-5,7-8,10-11,17-18,22H,6,9,12-16,19-20H2/t22-/m0/s1. The third-order valence-electron chi connectivity index (χ3n) is 6.95. The van der Waals surface area contributed by atoms with Crippen molar-refractivity contribution < 1.29 is 9.18 Å². The van der Waals surface area contributed by atoms with Crippen LogP contribution < -0.4 is 15.4 Å². The molecule has 0 aliphatic carbocycles. The van der Waals surface area contributed by atoms with E-state index in [0.29, 0.717) is 45.0 Å². The third-order valence-corrected chi connectivity index (χ3v) is 6.95. The normalized spacial score (nSPS) is 18.5. The SMILES string of the molecule is O=C([C@H]1CCCN(c2cnn(Cc3ccccc3)c(=O)c2)C1)N1CCN(c2ccccc2F)CC1. The zero-order chi connectivity index (χ0) is 24.2. The predicted octanol–water partition coefficient (Wildman–Crippen LogP) is 3.00. The Hall–Kier alpha value is -3.68. The summed E-state index contributed by atoms with van der Waals surface area (Å²) in [6, 6.07) is 18.2. The Morgan fingerprint density at radius 1 is 0.943 bits per heavy atom. The van der Waals surface area contributed by atoms with Crippen LogP contribution in [0.4, 0.5) is 15.8 Å². The molecule has 1 aromatic heterocycles. The lowest BCUT2D eigenvalue weighted by atomic mass is 9.96. The third kappa shape index (κ3) is 5.21. The number of carbonyl (C=O) groups is 1. The summed E-state index contributed by atoms with van der Waals surface area (Å²) in [5, 5.41) is 4.38. The number of amides is 1. The van der Waals surface area contributed by atoms with Gasteiger partial charge in [-0.15, -0.1) is 0 Å². The average molecular weight is 476 g/mol. The highest BCUT2D eigenvalue weighted by Crippen LogP contribution is 2.25. The molecule has 2 aromatic carbocycles. The zero-order valence-electron chi connectivity index (χ0n) is 19.7. The smallest absolute Gasteiger partial charge is 0.269 e. The molecule has 7 nitrogen and oxygen atoms in total. The molecule has 2 fully saturated rings. The Morgan fingerprint density at radius 3 is 2.43 bits per heavy atom. The molecule has 1 atom stereocenters. The van der Waals surface area contributed by atoms with Crippen LogP contribution in [0.2, 0.25) is 0 Å². The molecule has 2 aliphatic rings. The van der Waals surface area contributed by atoms with Crippen LogP contribution in [0.15, 0.2) is 71.7 Å². The summed E-state index contributed by atoms with van der Waals surface area (Å²) in [7, 11) is 0. The fourth-order valence-electron chi connectivity index (χ4n) is 5.02. The van der Waals surface area contributed by atoms with E-state index < -0.39 is 0 Å². The van der Waals surface area contributed by atoms with E-state index in [0.717, 1.165) is 30.6 Å². The van der Waals surface area contributed by atoms with Crippen molar-refractivity contribution in [1.29, 1.82) is 0 Å². The van der Waals surface area contributed by atoms with Gasteiger partial charge in [-0.3, -0.25) is 9.59 Å². The summed E-state index contributed by atoms with van der Waals surface area (Å²) in [6.45, 7) is 4.21. The summed E-state index contributed by atoms with van der Waals surface area (Å²) in [6.07, 6.45) is 3.45. The number of para-hydroxylation sites is 1. The minimum absolute atomic E-state index is 0.115. The molecule has 3 aromatic rings. The van der Waals surface area contributed by atoms with Gasteiger partial charge in [0.1, 0.15) is 5.82 Å². The molecule has 0 spiro atoms. The van der Waals surface area contributed by atoms with Crippen molar-refractivity contribution in [2.24, 2.45) is 5.92 Å². The van der Waals surface area contributed by atoms with E-state index >= 15 is 0 Å². The van der Waals surface area contributed by atoms with E-state index in [1.54, 1.807) is 24.4 Å². The first kappa shape index (κ1) is 23.1. The minimum atomic E-state index is -0.227. The number of piperidine rings is 1. The van der Waals surface area contributed by atoms with E-state index in [9.17, 15) is 14.0 Å². The Labute approximate surface area is 204 Å². The predicted molar refractivity (Wildman–Crippen MR) is 134 cm³/mol. The maximum Gasteiger partial charge on any atom is 0.269 e. The lowest BCUT2D eigenvalue weighted by Crippen LogP contribution is -2.52. The van der Waals surface area contributed by atoms with Crippen LogP contribution in [0, 0.1) is 11.7 Å². The molecule has 2 aliphatic heterocycles. The summed E-state index contributed by atoms with van der Waals surface area (Å²) >= 11 is 0. The van der Waals surface area contributed by atoms with E-state index in [4.69, 9.17) is 0 Å². The first-order chi connectivity index (χ1) is 17.1. The fourth-order valence-corrected chi connectivity index (χ4v) is 5.02. The summed E-state index contributed by atoms with van der Waals surface area (Å²) in [5.74, 6) is -0.196. The van der Waals surface area contributed by atoms with Gasteiger partial charge in [0.05, 0.1) is 30.0 Å². The number of halogens is 1. The van der Waals surface area contributed by atoms with Crippen molar-refractivity contribution in [2.75, 3.05) is 49.1 Å². The van der Waals surface area contributed by atoms with E-state index in [-0.39, 0.29) is 23.2 Å². The van der Waals surface area contributed by atoms with Crippen LogP contribution in [0.1, 0.15) is 18.4 Å². The average Bonchev–Trinajstić information content (AvgIpc) is 2.90. The quantitative estimate of drug-likeness (QED) is 0.568. The number of nitrogens with zero attached hydrogens (tertiary/aromatic N) is 5. The van der Waals surface area contributed by atoms with Crippen molar-refractivity contribution in [1.82, 2.24) is 14.7 Å². The lowest BCUT2D eigenvalue weighted by Gasteiger charge is -2.40. The number of rotatable bonds is 5. The Bertz CT molecular complexity index is 1220. The van der Waals surface area contributed by atoms with Crippen molar-refractivity contribution in [3.8, 4) is 0 Å². The summed E-state index contributed by atoms with van der Waals surface area (Å²) in [4.78, 5) is 32.0. The highest BCUT2D eigenvalue weighted by molar-refractivity contribution is 5.80. The van der Waals surface area contributed by atoms with Gasteiger partial charge in [-0.05, 0) is 30.5 Å². The first-order valence-electron chi connectivity index (χ1n) is 12.2. The molecule has 5 rings (SSSR count). The second kappa shape index (κ2) is 10.3. The molecule has 0 radical (unpaired) electrons. The van der Waals surface area contributed by atoms with Gasteiger partial charge in [0.25, 0.3) is 5.56 Å². The van der Waals surface area contributed by atoms with Crippen LogP contribution in [-0.2, 0) is 11.3 Å². The van der Waals surface area contributed by atoms with Crippen LogP contribution in [0.3, 0.4) is 0 Å². The molecule has 182 valence electrons. The lowest BCUT2D eigenvalue weighted by molar-refractivity contribution is -0.136. The van der Waals surface area contributed by atoms with E-state index in [2.05, 4.69) is 10.00 Å². The van der Waals surface area contributed by atoms with Crippen molar-refractivity contribution in [2.45, 2.75) is 19.4 Å². The number of piperazine rings is 1. The van der Waals surface area contributed by atoms with Crippen molar-refractivity contribution >= 4 is 17.3 Å². The zero-order valence-corrected chi connectivity index (χ0v) is 19.7. The molecule has 0 unspecified atom stereocenters. The van der Waals surface area contributed by atoms with E-state index in [1.165, 1.54) is 10.7 Å². The molecule has 2 saturated heterocycles. The van der Waals surface area contributed by atoms with Gasteiger partial charge >= 0.3 is 0 Å². The number of aromatic nitrogens is 2. The first-order valence-corrected chi connectivity index (χ1v) is 12.2. The molecular formula is C27H30FN5O2. The molecular weight excluding hydrogens is 445 g/mol. The molecule has 3 heterocycles. The largest absolute Gasteiger partial charge is 0.369 e. The molecule has 1 amide bonds. The van der Waals surface area contributed by atoms with Crippen LogP contribution >= 0.6 is 0 Å². The topological polar surface area (TPSA) is 61.7 Å². The van der Waals surface area contributed by atoms with Gasteiger partial charge in [-0.1, -0.05) is 42.5 Å². The highest BCUT2D eigenvalue weighted by atomic mass is 19.1. The minimum Gasteiger partial charge on any atom is -0.369 e. The Morgan fingerprint density at radius 2 is 1.69 bits per heavy atom. The van der Waals surface area contributed by atoms with Crippen LogP contribution in [0.25, 0.3) is 0 Å². The van der Waals surface area contributed by atoms with Gasteiger partial charge in [0.2, 0.25) is 5.91 Å². The van der Waals surface area contributed by atoms with Gasteiger partial charge in [0.15, 0.2) is 0 Å². The Kier molecular flexibility index (Phi) is 6.79. The van der Waals surface area contributed by atoms with Gasteiger partial charge in [-0.25, -0.2) is 9.07 Å². The van der Waals surface area contributed by atoms with Gasteiger partial charge in [0, 0.05) is 45.3 Å². The van der Waals surface area contributed by atoms with Crippen LogP contribution in [0.5, 0.6) is 0 Å².